The number of aromatic amines is 1. The number of aromatic nitrogens is 2. The predicted molar refractivity (Wildman–Crippen MR) is 99.6 cm³/mol. The molecule has 0 aliphatic heterocycles. The molecule has 2 rings (SSSR count). The van der Waals surface area contributed by atoms with Crippen LogP contribution in [0.1, 0.15) is 40.6 Å². The predicted octanol–water partition coefficient (Wildman–Crippen LogP) is 1.79. The van der Waals surface area contributed by atoms with Crippen LogP contribution in [0.5, 0.6) is 5.75 Å². The van der Waals surface area contributed by atoms with Crippen molar-refractivity contribution < 1.29 is 14.3 Å². The van der Waals surface area contributed by atoms with E-state index in [0.717, 1.165) is 19.4 Å². The van der Waals surface area contributed by atoms with Gasteiger partial charge < -0.3 is 20.7 Å². The van der Waals surface area contributed by atoms with E-state index in [0.29, 0.717) is 17.0 Å². The summed E-state index contributed by atoms with van der Waals surface area (Å²) < 4.78 is 5.20. The van der Waals surface area contributed by atoms with Crippen LogP contribution in [0.25, 0.3) is 0 Å². The van der Waals surface area contributed by atoms with Crippen molar-refractivity contribution in [2.24, 2.45) is 0 Å². The van der Waals surface area contributed by atoms with Crippen molar-refractivity contribution in [3.63, 3.8) is 0 Å². The van der Waals surface area contributed by atoms with Crippen LogP contribution in [-0.2, 0) is 0 Å². The van der Waals surface area contributed by atoms with Gasteiger partial charge in [0.2, 0.25) is 0 Å². The van der Waals surface area contributed by atoms with E-state index in [2.05, 4.69) is 26.1 Å². The van der Waals surface area contributed by atoms with E-state index in [1.165, 1.54) is 13.3 Å². The van der Waals surface area contributed by atoms with E-state index < -0.39 is 0 Å². The molecule has 1 atom stereocenters. The van der Waals surface area contributed by atoms with Crippen LogP contribution in [0.15, 0.2) is 30.5 Å². The van der Waals surface area contributed by atoms with E-state index in [9.17, 15) is 9.59 Å². The summed E-state index contributed by atoms with van der Waals surface area (Å²) >= 11 is 0. The fraction of sp³-hybridized carbons (Fsp3) is 0.389. The Hall–Kier alpha value is -2.87. The van der Waals surface area contributed by atoms with Crippen LogP contribution in [0.2, 0.25) is 0 Å². The lowest BCUT2D eigenvalue weighted by atomic mass is 10.1. The molecule has 26 heavy (non-hydrogen) atoms. The zero-order valence-corrected chi connectivity index (χ0v) is 15.3. The van der Waals surface area contributed by atoms with Gasteiger partial charge in [-0.05, 0) is 38.6 Å². The maximum Gasteiger partial charge on any atom is 0.271 e. The van der Waals surface area contributed by atoms with Crippen molar-refractivity contribution in [1.29, 1.82) is 0 Å². The first kappa shape index (κ1) is 19.5. The molecule has 0 aliphatic carbocycles. The zero-order chi connectivity index (χ0) is 18.9. The number of amides is 2. The number of rotatable bonds is 9. The lowest BCUT2D eigenvalue weighted by Crippen LogP contribution is -2.36. The van der Waals surface area contributed by atoms with Crippen LogP contribution in [0.4, 0.5) is 5.69 Å². The van der Waals surface area contributed by atoms with E-state index in [4.69, 9.17) is 4.74 Å². The standard InChI is InChI=1S/C18H25N5O3/c1-4-12(9-10-19-2)21-18(25)16-14(11-20-23-16)22-17(24)13-7-5-6-8-15(13)26-3/h5-8,11-12,19H,4,9-10H2,1-3H3,(H,20,23)(H,21,25)(H,22,24). The van der Waals surface area contributed by atoms with Gasteiger partial charge >= 0.3 is 0 Å². The number of carbonyl (C=O) groups excluding carboxylic acids is 2. The Kier molecular flexibility index (Phi) is 7.16. The molecular weight excluding hydrogens is 334 g/mol. The van der Waals surface area contributed by atoms with Crippen molar-refractivity contribution in [3.8, 4) is 5.75 Å². The summed E-state index contributed by atoms with van der Waals surface area (Å²) in [5, 5.41) is 15.3. The normalized spacial score (nSPS) is 11.7. The smallest absolute Gasteiger partial charge is 0.271 e. The Bertz CT molecular complexity index is 744. The Morgan fingerprint density at radius 3 is 2.73 bits per heavy atom. The molecule has 0 spiro atoms. The van der Waals surface area contributed by atoms with Gasteiger partial charge in [0.15, 0.2) is 0 Å². The monoisotopic (exact) mass is 359 g/mol. The van der Waals surface area contributed by atoms with Gasteiger partial charge in [0.05, 0.1) is 24.6 Å². The van der Waals surface area contributed by atoms with E-state index in [-0.39, 0.29) is 23.6 Å². The van der Waals surface area contributed by atoms with Crippen molar-refractivity contribution in [3.05, 3.63) is 41.7 Å². The van der Waals surface area contributed by atoms with Crippen molar-refractivity contribution >= 4 is 17.5 Å². The highest BCUT2D eigenvalue weighted by atomic mass is 16.5. The summed E-state index contributed by atoms with van der Waals surface area (Å²) in [6, 6.07) is 6.91. The molecule has 0 bridgehead atoms. The number of ether oxygens (including phenoxy) is 1. The topological polar surface area (TPSA) is 108 Å². The maximum atomic E-state index is 12.5. The van der Waals surface area contributed by atoms with Crippen molar-refractivity contribution in [1.82, 2.24) is 20.8 Å². The van der Waals surface area contributed by atoms with Crippen LogP contribution in [0.3, 0.4) is 0 Å². The summed E-state index contributed by atoms with van der Waals surface area (Å²) in [4.78, 5) is 25.0. The molecule has 1 aromatic carbocycles. The highest BCUT2D eigenvalue weighted by Gasteiger charge is 2.20. The van der Waals surface area contributed by atoms with Crippen molar-refractivity contribution in [2.75, 3.05) is 26.0 Å². The highest BCUT2D eigenvalue weighted by molar-refractivity contribution is 6.09. The molecule has 1 aromatic heterocycles. The molecule has 8 heteroatoms. The average Bonchev–Trinajstić information content (AvgIpc) is 3.13. The second-order valence-electron chi connectivity index (χ2n) is 5.78. The average molecular weight is 359 g/mol. The molecule has 0 radical (unpaired) electrons. The van der Waals surface area contributed by atoms with Crippen molar-refractivity contribution in [2.45, 2.75) is 25.8 Å². The molecule has 0 saturated heterocycles. The van der Waals surface area contributed by atoms with Gasteiger partial charge in [-0.25, -0.2) is 0 Å². The maximum absolute atomic E-state index is 12.5. The highest BCUT2D eigenvalue weighted by Crippen LogP contribution is 2.20. The lowest BCUT2D eigenvalue weighted by Gasteiger charge is -2.16. The van der Waals surface area contributed by atoms with Gasteiger partial charge in [0.1, 0.15) is 11.4 Å². The zero-order valence-electron chi connectivity index (χ0n) is 15.3. The number of hydrogen-bond donors (Lipinski definition) is 4. The largest absolute Gasteiger partial charge is 0.496 e. The van der Waals surface area contributed by atoms with Gasteiger partial charge in [-0.15, -0.1) is 0 Å². The van der Waals surface area contributed by atoms with Crippen LogP contribution < -0.4 is 20.7 Å². The fourth-order valence-electron chi connectivity index (χ4n) is 2.53. The van der Waals surface area contributed by atoms with E-state index in [1.54, 1.807) is 24.3 Å². The number of nitrogens with zero attached hydrogens (tertiary/aromatic N) is 1. The summed E-state index contributed by atoms with van der Waals surface area (Å²) in [7, 11) is 3.37. The van der Waals surface area contributed by atoms with E-state index in [1.807, 2.05) is 14.0 Å². The van der Waals surface area contributed by atoms with Gasteiger partial charge in [-0.3, -0.25) is 14.7 Å². The third kappa shape index (κ3) is 4.82. The molecule has 2 amide bonds. The number of carbonyl (C=O) groups is 2. The Morgan fingerprint density at radius 1 is 1.27 bits per heavy atom. The SMILES string of the molecule is CCC(CCNC)NC(=O)c1[nH]ncc1NC(=O)c1ccccc1OC. The molecular formula is C18H25N5O3. The number of H-pyrrole nitrogens is 1. The molecule has 0 fully saturated rings. The number of nitrogens with one attached hydrogen (secondary N) is 4. The lowest BCUT2D eigenvalue weighted by molar-refractivity contribution is 0.0930. The molecule has 4 N–H and O–H groups in total. The first-order chi connectivity index (χ1) is 12.6. The molecule has 0 saturated carbocycles. The van der Waals surface area contributed by atoms with Crippen LogP contribution in [0, 0.1) is 0 Å². The molecule has 0 aliphatic rings. The third-order valence-electron chi connectivity index (χ3n) is 4.04. The summed E-state index contributed by atoms with van der Waals surface area (Å²) in [6.45, 7) is 2.82. The van der Waals surface area contributed by atoms with E-state index >= 15 is 0 Å². The van der Waals surface area contributed by atoms with Crippen LogP contribution in [-0.4, -0.2) is 48.8 Å². The van der Waals surface area contributed by atoms with Gasteiger partial charge in [-0.2, -0.15) is 5.10 Å². The molecule has 1 unspecified atom stereocenters. The van der Waals surface area contributed by atoms with Gasteiger partial charge in [-0.1, -0.05) is 19.1 Å². The molecule has 2 aromatic rings. The number of anilines is 1. The molecule has 8 nitrogen and oxygen atoms in total. The quantitative estimate of drug-likeness (QED) is 0.546. The first-order valence-electron chi connectivity index (χ1n) is 8.53. The summed E-state index contributed by atoms with van der Waals surface area (Å²) in [6.07, 6.45) is 3.04. The number of benzene rings is 1. The Morgan fingerprint density at radius 2 is 2.04 bits per heavy atom. The van der Waals surface area contributed by atoms with Gasteiger partial charge in [0, 0.05) is 6.04 Å². The minimum absolute atomic E-state index is 0.0380. The summed E-state index contributed by atoms with van der Waals surface area (Å²) in [5.41, 5.74) is 0.918. The Labute approximate surface area is 152 Å². The summed E-state index contributed by atoms with van der Waals surface area (Å²) in [5.74, 6) is -0.224. The second kappa shape index (κ2) is 9.57. The second-order valence-corrected chi connectivity index (χ2v) is 5.78. The number of hydrogen-bond acceptors (Lipinski definition) is 5. The number of para-hydroxylation sites is 1. The minimum atomic E-state index is -0.375. The molecule has 140 valence electrons. The molecule has 1 heterocycles. The number of methoxy groups -OCH3 is 1. The third-order valence-corrected chi connectivity index (χ3v) is 4.04. The fourth-order valence-corrected chi connectivity index (χ4v) is 2.53. The van der Waals surface area contributed by atoms with Crippen LogP contribution >= 0.6 is 0 Å². The first-order valence-corrected chi connectivity index (χ1v) is 8.53. The minimum Gasteiger partial charge on any atom is -0.496 e. The Balaban J connectivity index is 2.10. The van der Waals surface area contributed by atoms with Gasteiger partial charge in [0.25, 0.3) is 11.8 Å².